The van der Waals surface area contributed by atoms with Gasteiger partial charge in [-0.1, -0.05) is 54.6 Å². The number of hydrogen-bond donors (Lipinski definition) is 1. The van der Waals surface area contributed by atoms with Gasteiger partial charge in [-0.15, -0.1) is 0 Å². The fourth-order valence-electron chi connectivity index (χ4n) is 3.66. The second-order valence-corrected chi connectivity index (χ2v) is 7.50. The number of carbonyl (C=O) groups excluding carboxylic acids is 2. The summed E-state index contributed by atoms with van der Waals surface area (Å²) in [4.78, 5) is 38.3. The van der Waals surface area contributed by atoms with Crippen molar-refractivity contribution in [3.8, 4) is 0 Å². The largest absolute Gasteiger partial charge is 0.481 e. The number of fused-ring (bicyclic) bond motifs is 1. The molecule has 1 N–H and O–H groups in total. The second-order valence-electron chi connectivity index (χ2n) is 7.50. The molecule has 1 atom stereocenters. The first-order valence-electron chi connectivity index (χ1n) is 9.78. The fraction of sp³-hybridized carbons (Fsp3) is 0.160. The van der Waals surface area contributed by atoms with Crippen molar-refractivity contribution in [1.29, 1.82) is 0 Å². The average Bonchev–Trinajstić information content (AvgIpc) is 3.10. The summed E-state index contributed by atoms with van der Waals surface area (Å²) in [5.74, 6) is -1.58. The summed E-state index contributed by atoms with van der Waals surface area (Å²) in [7, 11) is 0. The molecule has 1 amide bonds. The van der Waals surface area contributed by atoms with E-state index in [0.717, 1.165) is 16.8 Å². The van der Waals surface area contributed by atoms with Crippen LogP contribution in [0.25, 0.3) is 0 Å². The van der Waals surface area contributed by atoms with Crippen LogP contribution in [0.3, 0.4) is 0 Å². The Morgan fingerprint density at radius 1 is 1.00 bits per heavy atom. The zero-order valence-corrected chi connectivity index (χ0v) is 16.5. The van der Waals surface area contributed by atoms with Crippen LogP contribution < -0.4 is 4.90 Å². The summed E-state index contributed by atoms with van der Waals surface area (Å²) in [6.45, 7) is 2.08. The third-order valence-electron chi connectivity index (χ3n) is 5.51. The van der Waals surface area contributed by atoms with E-state index in [9.17, 15) is 14.4 Å². The molecule has 0 aromatic heterocycles. The number of ketones is 1. The number of rotatable bonds is 6. The van der Waals surface area contributed by atoms with Gasteiger partial charge in [0.2, 0.25) is 0 Å². The van der Waals surface area contributed by atoms with Crippen LogP contribution in [0.2, 0.25) is 0 Å². The number of aliphatic carboxylic acids is 1. The molecule has 5 heteroatoms. The molecule has 1 aliphatic rings. The molecule has 3 aromatic rings. The molecule has 0 fully saturated rings. The normalized spacial score (nSPS) is 13.8. The molecule has 0 aliphatic carbocycles. The van der Waals surface area contributed by atoms with Crippen molar-refractivity contribution >= 4 is 23.3 Å². The van der Waals surface area contributed by atoms with Gasteiger partial charge in [-0.05, 0) is 41.8 Å². The molecule has 150 valence electrons. The Morgan fingerprint density at radius 2 is 1.70 bits per heavy atom. The van der Waals surface area contributed by atoms with Gasteiger partial charge in [0.05, 0.1) is 12.5 Å². The predicted octanol–water partition coefficient (Wildman–Crippen LogP) is 4.46. The van der Waals surface area contributed by atoms with Crippen molar-refractivity contribution in [2.75, 3.05) is 4.90 Å². The van der Waals surface area contributed by atoms with E-state index in [1.807, 2.05) is 30.3 Å². The molecule has 4 rings (SSSR count). The van der Waals surface area contributed by atoms with Gasteiger partial charge >= 0.3 is 5.97 Å². The van der Waals surface area contributed by atoms with Crippen molar-refractivity contribution in [3.63, 3.8) is 0 Å². The first kappa shape index (κ1) is 19.6. The van der Waals surface area contributed by atoms with Crippen molar-refractivity contribution < 1.29 is 19.5 Å². The zero-order chi connectivity index (χ0) is 21.3. The number of benzene rings is 3. The van der Waals surface area contributed by atoms with Crippen LogP contribution >= 0.6 is 0 Å². The Balaban J connectivity index is 1.52. The van der Waals surface area contributed by atoms with E-state index >= 15 is 0 Å². The van der Waals surface area contributed by atoms with Gasteiger partial charge in [-0.3, -0.25) is 14.4 Å². The summed E-state index contributed by atoms with van der Waals surface area (Å²) in [6, 6.07) is 21.8. The highest BCUT2D eigenvalue weighted by Crippen LogP contribution is 2.30. The maximum Gasteiger partial charge on any atom is 0.310 e. The van der Waals surface area contributed by atoms with Crippen LogP contribution in [0.5, 0.6) is 0 Å². The molecule has 0 radical (unpaired) electrons. The van der Waals surface area contributed by atoms with Crippen molar-refractivity contribution in [2.24, 2.45) is 0 Å². The quantitative estimate of drug-likeness (QED) is 0.621. The number of nitrogens with zero attached hydrogens (tertiary/aromatic N) is 1. The van der Waals surface area contributed by atoms with Crippen LogP contribution in [0.15, 0.2) is 72.8 Å². The maximum absolute atomic E-state index is 13.0. The van der Waals surface area contributed by atoms with E-state index in [1.165, 1.54) is 0 Å². The molecule has 0 spiro atoms. The van der Waals surface area contributed by atoms with E-state index in [-0.39, 0.29) is 18.1 Å². The third-order valence-corrected chi connectivity index (χ3v) is 5.51. The molecular formula is C25H21NO4. The molecule has 0 saturated carbocycles. The van der Waals surface area contributed by atoms with Crippen LogP contribution in [-0.4, -0.2) is 22.8 Å². The third kappa shape index (κ3) is 3.74. The highest BCUT2D eigenvalue weighted by atomic mass is 16.4. The highest BCUT2D eigenvalue weighted by molar-refractivity contribution is 6.10. The summed E-state index contributed by atoms with van der Waals surface area (Å²) in [5.41, 5.74) is 4.40. The summed E-state index contributed by atoms with van der Waals surface area (Å²) < 4.78 is 0. The van der Waals surface area contributed by atoms with Gasteiger partial charge in [-0.2, -0.15) is 0 Å². The van der Waals surface area contributed by atoms with Crippen molar-refractivity contribution in [3.05, 3.63) is 101 Å². The first-order valence-corrected chi connectivity index (χ1v) is 9.78. The highest BCUT2D eigenvalue weighted by Gasteiger charge is 2.29. The number of anilines is 1. The molecule has 0 bridgehead atoms. The van der Waals surface area contributed by atoms with E-state index < -0.39 is 11.9 Å². The van der Waals surface area contributed by atoms with Gasteiger partial charge in [0.1, 0.15) is 0 Å². The summed E-state index contributed by atoms with van der Waals surface area (Å²) in [5, 5.41) is 9.15. The van der Waals surface area contributed by atoms with Crippen LogP contribution in [0.1, 0.15) is 50.2 Å². The molecule has 0 saturated heterocycles. The minimum atomic E-state index is -0.884. The number of carboxylic acids is 1. The predicted molar refractivity (Wildman–Crippen MR) is 114 cm³/mol. The molecule has 1 unspecified atom stereocenters. The number of carbonyl (C=O) groups is 3. The summed E-state index contributed by atoms with van der Waals surface area (Å²) >= 11 is 0. The fourth-order valence-corrected chi connectivity index (χ4v) is 3.66. The Kier molecular flexibility index (Phi) is 5.19. The monoisotopic (exact) mass is 399 g/mol. The lowest BCUT2D eigenvalue weighted by atomic mass is 9.99. The molecule has 1 heterocycles. The van der Waals surface area contributed by atoms with E-state index in [2.05, 4.69) is 0 Å². The van der Waals surface area contributed by atoms with E-state index in [0.29, 0.717) is 23.2 Å². The molecule has 1 aliphatic heterocycles. The van der Waals surface area contributed by atoms with Gasteiger partial charge in [0, 0.05) is 23.2 Å². The van der Waals surface area contributed by atoms with Gasteiger partial charge < -0.3 is 10.0 Å². The van der Waals surface area contributed by atoms with E-state index in [1.54, 1.807) is 54.3 Å². The Bertz CT molecular complexity index is 1120. The van der Waals surface area contributed by atoms with Crippen LogP contribution in [-0.2, 0) is 17.8 Å². The maximum atomic E-state index is 13.0. The van der Waals surface area contributed by atoms with Gasteiger partial charge in [0.15, 0.2) is 5.78 Å². The van der Waals surface area contributed by atoms with Crippen LogP contribution in [0, 0.1) is 0 Å². The van der Waals surface area contributed by atoms with Gasteiger partial charge in [0.25, 0.3) is 5.91 Å². The Hall–Kier alpha value is -3.73. The molecule has 5 nitrogen and oxygen atoms in total. The lowest BCUT2D eigenvalue weighted by Crippen LogP contribution is -2.23. The molecule has 30 heavy (non-hydrogen) atoms. The first-order chi connectivity index (χ1) is 14.4. The number of hydrogen-bond acceptors (Lipinski definition) is 3. The SMILES string of the molecule is CC(C(=O)O)c1ccc(N2Cc3ccc(CC(=O)c4ccccc4)cc3C2=O)cc1. The van der Waals surface area contributed by atoms with Crippen molar-refractivity contribution in [2.45, 2.75) is 25.8 Å². The van der Waals surface area contributed by atoms with Crippen LogP contribution in [0.4, 0.5) is 5.69 Å². The molecular weight excluding hydrogens is 378 g/mol. The zero-order valence-electron chi connectivity index (χ0n) is 16.5. The van der Waals surface area contributed by atoms with Crippen molar-refractivity contribution in [1.82, 2.24) is 0 Å². The minimum Gasteiger partial charge on any atom is -0.481 e. The number of Topliss-reactive ketones (excluding diaryl/α,β-unsaturated/α-hetero) is 1. The molecule has 3 aromatic carbocycles. The number of carboxylic acid groups (broad SMARTS) is 1. The lowest BCUT2D eigenvalue weighted by Gasteiger charge is -2.16. The summed E-state index contributed by atoms with van der Waals surface area (Å²) in [6.07, 6.45) is 0.242. The Labute approximate surface area is 174 Å². The topological polar surface area (TPSA) is 74.7 Å². The number of amides is 1. The second kappa shape index (κ2) is 7.95. The Morgan fingerprint density at radius 3 is 2.37 bits per heavy atom. The smallest absolute Gasteiger partial charge is 0.310 e. The lowest BCUT2D eigenvalue weighted by molar-refractivity contribution is -0.138. The standard InChI is InChI=1S/C25H21NO4/c1-16(25(29)30)18-9-11-21(12-10-18)26-15-20-8-7-17(13-22(20)24(26)28)14-23(27)19-5-3-2-4-6-19/h2-13,16H,14-15H2,1H3,(H,29,30). The van der Waals surface area contributed by atoms with Gasteiger partial charge in [-0.25, -0.2) is 0 Å². The van der Waals surface area contributed by atoms with E-state index in [4.69, 9.17) is 5.11 Å². The average molecular weight is 399 g/mol. The minimum absolute atomic E-state index is 0.0148.